The molecule has 0 saturated carbocycles. The van der Waals surface area contributed by atoms with Crippen LogP contribution in [0.1, 0.15) is 37.7 Å². The Hall–Kier alpha value is -3.41. The summed E-state index contributed by atoms with van der Waals surface area (Å²) in [4.78, 5) is 35.6. The second-order valence-electron chi connectivity index (χ2n) is 9.70. The van der Waals surface area contributed by atoms with Gasteiger partial charge in [0.1, 0.15) is 11.4 Å². The van der Waals surface area contributed by atoms with Crippen molar-refractivity contribution >= 4 is 19.4 Å². The van der Waals surface area contributed by atoms with E-state index in [0.717, 1.165) is 16.7 Å². The molecule has 0 bridgehead atoms. The third kappa shape index (κ3) is 7.80. The van der Waals surface area contributed by atoms with Crippen molar-refractivity contribution in [1.82, 2.24) is 5.32 Å². The zero-order valence-corrected chi connectivity index (χ0v) is 21.5. The van der Waals surface area contributed by atoms with Crippen LogP contribution in [0.2, 0.25) is 0 Å². The van der Waals surface area contributed by atoms with Gasteiger partial charge in [0, 0.05) is 6.16 Å². The first kappa shape index (κ1) is 27.2. The van der Waals surface area contributed by atoms with Gasteiger partial charge in [-0.15, -0.1) is 0 Å². The number of carbonyl (C=O) groups excluding carboxylic acids is 1. The van der Waals surface area contributed by atoms with E-state index in [1.807, 2.05) is 54.6 Å². The minimum absolute atomic E-state index is 0.0723. The molecule has 3 aromatic carbocycles. The molecule has 1 amide bonds. The Morgan fingerprint density at radius 1 is 0.889 bits per heavy atom. The van der Waals surface area contributed by atoms with Crippen molar-refractivity contribution in [3.63, 3.8) is 0 Å². The van der Waals surface area contributed by atoms with Crippen LogP contribution in [0, 0.1) is 5.92 Å². The van der Waals surface area contributed by atoms with Crippen LogP contribution in [0.5, 0.6) is 0 Å². The summed E-state index contributed by atoms with van der Waals surface area (Å²) in [6, 6.07) is 25.6. The van der Waals surface area contributed by atoms with E-state index in [1.54, 1.807) is 51.1 Å². The minimum atomic E-state index is -4.24. The monoisotopic (exact) mass is 509 g/mol. The van der Waals surface area contributed by atoms with Crippen molar-refractivity contribution in [3.05, 3.63) is 96.1 Å². The van der Waals surface area contributed by atoms with Crippen LogP contribution in [0.15, 0.2) is 84.9 Å². The Morgan fingerprint density at radius 2 is 1.42 bits per heavy atom. The summed E-state index contributed by atoms with van der Waals surface area (Å²) in [5.41, 5.74) is 2.35. The molecule has 3 aromatic rings. The molecule has 0 aliphatic heterocycles. The van der Waals surface area contributed by atoms with E-state index < -0.39 is 42.9 Å². The lowest BCUT2D eigenvalue weighted by Gasteiger charge is -2.28. The van der Waals surface area contributed by atoms with E-state index in [9.17, 15) is 24.2 Å². The predicted molar refractivity (Wildman–Crippen MR) is 140 cm³/mol. The fourth-order valence-corrected chi connectivity index (χ4v) is 5.94. The van der Waals surface area contributed by atoms with Crippen LogP contribution in [0.25, 0.3) is 11.1 Å². The first-order valence-electron chi connectivity index (χ1n) is 11.7. The highest BCUT2D eigenvalue weighted by Crippen LogP contribution is 2.55. The predicted octanol–water partition coefficient (Wildman–Crippen LogP) is 6.09. The maximum atomic E-state index is 13.6. The maximum absolute atomic E-state index is 13.6. The smallest absolute Gasteiger partial charge is 0.408 e. The van der Waals surface area contributed by atoms with Gasteiger partial charge in [0.15, 0.2) is 0 Å². The molecule has 1 unspecified atom stereocenters. The number of rotatable bonds is 9. The molecule has 0 heterocycles. The van der Waals surface area contributed by atoms with Crippen molar-refractivity contribution in [1.29, 1.82) is 0 Å². The number of alkyl carbamates (subject to hydrolysis) is 1. The number of hydrogen-bond acceptors (Lipinski definition) is 4. The van der Waals surface area contributed by atoms with Gasteiger partial charge in [-0.2, -0.15) is 0 Å². The Kier molecular flexibility index (Phi) is 8.72. The largest absolute Gasteiger partial charge is 0.481 e. The maximum Gasteiger partial charge on any atom is 0.408 e. The number of benzene rings is 3. The number of carbonyl (C=O) groups is 2. The number of ether oxygens (including phenoxy) is 1. The number of aliphatic carboxylic acids is 1. The Labute approximate surface area is 211 Å². The first-order valence-corrected chi connectivity index (χ1v) is 13.6. The van der Waals surface area contributed by atoms with Gasteiger partial charge in [-0.3, -0.25) is 9.36 Å². The number of amides is 1. The molecule has 0 aliphatic carbocycles. The second kappa shape index (κ2) is 11.5. The fraction of sp³-hybridized carbons (Fsp3) is 0.286. The third-order valence-electron chi connectivity index (χ3n) is 5.55. The van der Waals surface area contributed by atoms with Gasteiger partial charge >= 0.3 is 12.1 Å². The summed E-state index contributed by atoms with van der Waals surface area (Å²) in [5.74, 6) is -3.62. The molecule has 0 fully saturated rings. The fourth-order valence-electron chi connectivity index (χ4n) is 3.87. The van der Waals surface area contributed by atoms with Crippen LogP contribution in [0.4, 0.5) is 4.79 Å². The number of hydrogen-bond donors (Lipinski definition) is 3. The van der Waals surface area contributed by atoms with E-state index >= 15 is 0 Å². The Bertz CT molecular complexity index is 1210. The van der Waals surface area contributed by atoms with Crippen molar-refractivity contribution in [2.24, 2.45) is 5.92 Å². The number of carboxylic acids is 1. The summed E-state index contributed by atoms with van der Waals surface area (Å²) in [6.07, 6.45) is -1.30. The quantitative estimate of drug-likeness (QED) is 0.301. The molecule has 3 atom stereocenters. The molecular weight excluding hydrogens is 477 g/mol. The molecule has 0 saturated heterocycles. The van der Waals surface area contributed by atoms with Crippen LogP contribution < -0.4 is 5.32 Å². The van der Waals surface area contributed by atoms with Gasteiger partial charge < -0.3 is 20.1 Å². The lowest BCUT2D eigenvalue weighted by Crippen LogP contribution is -2.36. The van der Waals surface area contributed by atoms with E-state index in [0.29, 0.717) is 5.56 Å². The Morgan fingerprint density at radius 3 is 1.94 bits per heavy atom. The molecule has 36 heavy (non-hydrogen) atoms. The molecule has 3 N–H and O–H groups in total. The van der Waals surface area contributed by atoms with Gasteiger partial charge in [-0.1, -0.05) is 84.9 Å². The Balaban J connectivity index is 1.81. The standard InChI is InChI=1S/C28H32NO6P/c1-28(2,3)35-27(32)29-25(23-12-8-5-9-13-23)36(33,34)19-24(26(30)31)18-20-14-16-22(17-15-20)21-10-6-4-7-11-21/h4-17,24-25H,18-19H2,1-3H3,(H,29,32)(H,30,31)(H,33,34)/t24-,25+/m0/s1. The zero-order chi connectivity index (χ0) is 26.3. The summed E-state index contributed by atoms with van der Waals surface area (Å²) >= 11 is 0. The molecule has 0 aromatic heterocycles. The first-order chi connectivity index (χ1) is 16.9. The SMILES string of the molecule is CC(C)(C)OC(=O)N[C@@H](c1ccccc1)P(=O)(O)C[C@H](Cc1ccc(-c2ccccc2)cc1)C(=O)O. The van der Waals surface area contributed by atoms with Crippen LogP contribution in [-0.2, 0) is 20.5 Å². The van der Waals surface area contributed by atoms with Gasteiger partial charge in [0.2, 0.25) is 7.37 Å². The lowest BCUT2D eigenvalue weighted by molar-refractivity contribution is -0.141. The van der Waals surface area contributed by atoms with Crippen molar-refractivity contribution in [2.75, 3.05) is 6.16 Å². The van der Waals surface area contributed by atoms with E-state index in [1.165, 1.54) is 0 Å². The van der Waals surface area contributed by atoms with Crippen LogP contribution in [-0.4, -0.2) is 33.8 Å². The zero-order valence-electron chi connectivity index (χ0n) is 20.6. The molecule has 3 rings (SSSR count). The van der Waals surface area contributed by atoms with Gasteiger partial charge in [0.05, 0.1) is 5.92 Å². The molecule has 0 spiro atoms. The topological polar surface area (TPSA) is 113 Å². The molecule has 7 nitrogen and oxygen atoms in total. The van der Waals surface area contributed by atoms with E-state index in [-0.39, 0.29) is 6.42 Å². The van der Waals surface area contributed by atoms with Crippen molar-refractivity contribution < 1.29 is 28.9 Å². The average molecular weight is 510 g/mol. The molecule has 0 radical (unpaired) electrons. The highest BCUT2D eigenvalue weighted by molar-refractivity contribution is 7.58. The van der Waals surface area contributed by atoms with Crippen molar-refractivity contribution in [2.45, 2.75) is 38.6 Å². The van der Waals surface area contributed by atoms with Crippen LogP contribution >= 0.6 is 7.37 Å². The highest BCUT2D eigenvalue weighted by atomic mass is 31.2. The summed E-state index contributed by atoms with van der Waals surface area (Å²) in [5, 5.41) is 12.4. The van der Waals surface area contributed by atoms with Gasteiger partial charge in [-0.05, 0) is 49.4 Å². The summed E-state index contributed by atoms with van der Waals surface area (Å²) in [7, 11) is -4.24. The normalized spacial score (nSPS) is 14.8. The van der Waals surface area contributed by atoms with Gasteiger partial charge in [0.25, 0.3) is 0 Å². The number of carboxylic acid groups (broad SMARTS) is 1. The highest BCUT2D eigenvalue weighted by Gasteiger charge is 2.39. The molecule has 0 aliphatic rings. The second-order valence-corrected chi connectivity index (χ2v) is 12.1. The number of nitrogens with one attached hydrogen (secondary N) is 1. The summed E-state index contributed by atoms with van der Waals surface area (Å²) in [6.45, 7) is 5.06. The summed E-state index contributed by atoms with van der Waals surface area (Å²) < 4.78 is 18.9. The van der Waals surface area contributed by atoms with E-state index in [4.69, 9.17) is 4.74 Å². The molecular formula is C28H32NO6P. The van der Waals surface area contributed by atoms with Crippen LogP contribution in [0.3, 0.4) is 0 Å². The molecule has 190 valence electrons. The van der Waals surface area contributed by atoms with Gasteiger partial charge in [-0.25, -0.2) is 4.79 Å². The minimum Gasteiger partial charge on any atom is -0.481 e. The third-order valence-corrected chi connectivity index (χ3v) is 7.74. The molecule has 8 heteroatoms. The average Bonchev–Trinajstić information content (AvgIpc) is 2.82. The lowest BCUT2D eigenvalue weighted by atomic mass is 9.98. The van der Waals surface area contributed by atoms with E-state index in [2.05, 4.69) is 5.32 Å². The van der Waals surface area contributed by atoms with Crippen molar-refractivity contribution in [3.8, 4) is 11.1 Å².